The fourth-order valence-corrected chi connectivity index (χ4v) is 6.15. The second-order valence-electron chi connectivity index (χ2n) is 10.5. The number of rotatable bonds is 5. The molecule has 0 radical (unpaired) electrons. The summed E-state index contributed by atoms with van der Waals surface area (Å²) in [6.45, 7) is 0. The van der Waals surface area contributed by atoms with Gasteiger partial charge in [0.25, 0.3) is 0 Å². The third kappa shape index (κ3) is 4.05. The monoisotopic (exact) mass is 537 g/mol. The van der Waals surface area contributed by atoms with Crippen LogP contribution in [0.25, 0.3) is 55.0 Å². The molecule has 0 aliphatic rings. The van der Waals surface area contributed by atoms with E-state index in [9.17, 15) is 0 Å². The van der Waals surface area contributed by atoms with Crippen LogP contribution < -0.4 is 4.90 Å². The van der Waals surface area contributed by atoms with Crippen molar-refractivity contribution in [1.82, 2.24) is 0 Å². The molecule has 0 fully saturated rings. The Bertz CT molecular complexity index is 2200. The van der Waals surface area contributed by atoms with Crippen molar-refractivity contribution in [3.8, 4) is 22.3 Å². The van der Waals surface area contributed by atoms with Crippen LogP contribution >= 0.6 is 0 Å². The molecule has 0 aliphatic heterocycles. The van der Waals surface area contributed by atoms with Crippen LogP contribution in [-0.4, -0.2) is 0 Å². The first-order chi connectivity index (χ1) is 20.8. The third-order valence-electron chi connectivity index (χ3n) is 8.06. The van der Waals surface area contributed by atoms with Gasteiger partial charge < -0.3 is 9.32 Å². The van der Waals surface area contributed by atoms with Gasteiger partial charge in [0, 0.05) is 33.3 Å². The van der Waals surface area contributed by atoms with Crippen LogP contribution in [0.1, 0.15) is 0 Å². The topological polar surface area (TPSA) is 16.4 Å². The summed E-state index contributed by atoms with van der Waals surface area (Å²) in [5.41, 5.74) is 9.68. The molecule has 42 heavy (non-hydrogen) atoms. The molecular weight excluding hydrogens is 510 g/mol. The maximum absolute atomic E-state index is 6.48. The highest BCUT2D eigenvalue weighted by Crippen LogP contribution is 2.44. The number of furan rings is 1. The predicted molar refractivity (Wildman–Crippen MR) is 177 cm³/mol. The van der Waals surface area contributed by atoms with Gasteiger partial charge in [0.05, 0.1) is 5.69 Å². The molecule has 0 amide bonds. The Labute approximate surface area is 244 Å². The van der Waals surface area contributed by atoms with Crippen molar-refractivity contribution in [1.29, 1.82) is 0 Å². The number of fused-ring (bicyclic) bond motifs is 4. The first kappa shape index (κ1) is 24.2. The Kier molecular flexibility index (Phi) is 5.82. The van der Waals surface area contributed by atoms with Gasteiger partial charge >= 0.3 is 0 Å². The average Bonchev–Trinajstić information content (AvgIpc) is 3.45. The number of hydrogen-bond donors (Lipinski definition) is 0. The highest BCUT2D eigenvalue weighted by atomic mass is 16.3. The molecule has 7 aromatic carbocycles. The van der Waals surface area contributed by atoms with Crippen LogP contribution in [0.2, 0.25) is 0 Å². The Morgan fingerprint density at radius 2 is 1.02 bits per heavy atom. The van der Waals surface area contributed by atoms with Gasteiger partial charge in [0.1, 0.15) is 11.2 Å². The lowest BCUT2D eigenvalue weighted by atomic mass is 9.97. The molecule has 0 saturated heterocycles. The van der Waals surface area contributed by atoms with Gasteiger partial charge in [-0.1, -0.05) is 127 Å². The van der Waals surface area contributed by atoms with Crippen molar-refractivity contribution < 1.29 is 4.42 Å². The average molecular weight is 538 g/mol. The highest BCUT2D eigenvalue weighted by Gasteiger charge is 2.20. The zero-order chi connectivity index (χ0) is 27.9. The van der Waals surface area contributed by atoms with Crippen molar-refractivity contribution in [2.24, 2.45) is 0 Å². The van der Waals surface area contributed by atoms with Crippen molar-refractivity contribution in [2.45, 2.75) is 0 Å². The first-order valence-electron chi connectivity index (χ1n) is 14.3. The third-order valence-corrected chi connectivity index (χ3v) is 8.06. The van der Waals surface area contributed by atoms with Crippen molar-refractivity contribution in [3.05, 3.63) is 164 Å². The van der Waals surface area contributed by atoms with Crippen LogP contribution in [0.5, 0.6) is 0 Å². The smallest absolute Gasteiger partial charge is 0.143 e. The molecule has 0 N–H and O–H groups in total. The number of benzene rings is 7. The fourth-order valence-electron chi connectivity index (χ4n) is 6.15. The Hall–Kier alpha value is -5.60. The maximum Gasteiger partial charge on any atom is 0.143 e. The van der Waals surface area contributed by atoms with E-state index in [2.05, 4.69) is 157 Å². The van der Waals surface area contributed by atoms with E-state index in [-0.39, 0.29) is 0 Å². The number of para-hydroxylation sites is 4. The molecule has 0 spiro atoms. The first-order valence-corrected chi connectivity index (χ1v) is 14.3. The van der Waals surface area contributed by atoms with Crippen LogP contribution in [0.4, 0.5) is 17.1 Å². The summed E-state index contributed by atoms with van der Waals surface area (Å²) in [5.74, 6) is 0. The van der Waals surface area contributed by atoms with E-state index in [1.165, 1.54) is 21.9 Å². The van der Waals surface area contributed by atoms with Crippen LogP contribution in [-0.2, 0) is 0 Å². The SMILES string of the molecule is c1ccc(N(c2cccc(-c3cccc4ccccc34)c2)c2ccccc2-c2cccc3c2oc2ccccc23)cc1. The lowest BCUT2D eigenvalue weighted by molar-refractivity contribution is 0.670. The summed E-state index contributed by atoms with van der Waals surface area (Å²) >= 11 is 0. The highest BCUT2D eigenvalue weighted by molar-refractivity contribution is 6.10. The molecule has 8 aromatic rings. The van der Waals surface area contributed by atoms with Gasteiger partial charge in [0.2, 0.25) is 0 Å². The number of anilines is 3. The molecule has 0 bridgehead atoms. The van der Waals surface area contributed by atoms with E-state index in [1.54, 1.807) is 0 Å². The molecule has 2 heteroatoms. The fraction of sp³-hybridized carbons (Fsp3) is 0. The van der Waals surface area contributed by atoms with Crippen LogP contribution in [0, 0.1) is 0 Å². The van der Waals surface area contributed by atoms with Gasteiger partial charge in [-0.3, -0.25) is 0 Å². The summed E-state index contributed by atoms with van der Waals surface area (Å²) in [4.78, 5) is 2.35. The number of hydrogen-bond acceptors (Lipinski definition) is 2. The number of nitrogens with zero attached hydrogens (tertiary/aromatic N) is 1. The molecule has 1 aromatic heterocycles. The summed E-state index contributed by atoms with van der Waals surface area (Å²) in [5, 5.41) is 4.75. The molecule has 0 atom stereocenters. The predicted octanol–water partition coefficient (Wildman–Crippen LogP) is 11.5. The standard InChI is InChI=1S/C40H27NO/c1-2-16-30(17-3-1)41(31-18-10-15-29(27-31)33-22-11-14-28-13-4-5-19-32(28)33)38-25-8-6-20-34(38)36-23-12-24-37-35-21-7-9-26-39(35)42-40(36)37/h1-27H. The van der Waals surface area contributed by atoms with E-state index in [0.29, 0.717) is 0 Å². The summed E-state index contributed by atoms with van der Waals surface area (Å²) in [6.07, 6.45) is 0. The zero-order valence-electron chi connectivity index (χ0n) is 22.9. The maximum atomic E-state index is 6.48. The second kappa shape index (κ2) is 10.1. The quantitative estimate of drug-likeness (QED) is 0.217. The molecule has 2 nitrogen and oxygen atoms in total. The molecule has 0 saturated carbocycles. The molecule has 8 rings (SSSR count). The zero-order valence-corrected chi connectivity index (χ0v) is 22.9. The van der Waals surface area contributed by atoms with Gasteiger partial charge in [0.15, 0.2) is 0 Å². The van der Waals surface area contributed by atoms with E-state index in [0.717, 1.165) is 50.1 Å². The van der Waals surface area contributed by atoms with Crippen molar-refractivity contribution in [3.63, 3.8) is 0 Å². The summed E-state index contributed by atoms with van der Waals surface area (Å²) < 4.78 is 6.48. The molecule has 0 unspecified atom stereocenters. The van der Waals surface area contributed by atoms with Crippen LogP contribution in [0.15, 0.2) is 168 Å². The molecule has 0 aliphatic carbocycles. The largest absolute Gasteiger partial charge is 0.455 e. The minimum Gasteiger partial charge on any atom is -0.455 e. The van der Waals surface area contributed by atoms with Gasteiger partial charge in [-0.2, -0.15) is 0 Å². The van der Waals surface area contributed by atoms with Crippen molar-refractivity contribution in [2.75, 3.05) is 4.90 Å². The van der Waals surface area contributed by atoms with E-state index in [1.807, 2.05) is 12.1 Å². The van der Waals surface area contributed by atoms with Gasteiger partial charge in [-0.05, 0) is 58.3 Å². The minimum atomic E-state index is 0.903. The van der Waals surface area contributed by atoms with E-state index < -0.39 is 0 Å². The molecular formula is C40H27NO. The second-order valence-corrected chi connectivity index (χ2v) is 10.5. The Balaban J connectivity index is 1.35. The lowest BCUT2D eigenvalue weighted by Gasteiger charge is -2.28. The molecule has 1 heterocycles. The van der Waals surface area contributed by atoms with E-state index in [4.69, 9.17) is 4.42 Å². The van der Waals surface area contributed by atoms with Crippen molar-refractivity contribution >= 4 is 49.8 Å². The Morgan fingerprint density at radius 1 is 0.405 bits per heavy atom. The van der Waals surface area contributed by atoms with Crippen LogP contribution in [0.3, 0.4) is 0 Å². The summed E-state index contributed by atoms with van der Waals surface area (Å²) in [6, 6.07) is 57.9. The Morgan fingerprint density at radius 3 is 1.95 bits per heavy atom. The summed E-state index contributed by atoms with van der Waals surface area (Å²) in [7, 11) is 0. The minimum absolute atomic E-state index is 0.903. The van der Waals surface area contributed by atoms with Gasteiger partial charge in [-0.15, -0.1) is 0 Å². The lowest BCUT2D eigenvalue weighted by Crippen LogP contribution is -2.11. The van der Waals surface area contributed by atoms with Gasteiger partial charge in [-0.25, -0.2) is 0 Å². The normalized spacial score (nSPS) is 11.3. The van der Waals surface area contributed by atoms with E-state index >= 15 is 0 Å². The molecule has 198 valence electrons.